The molecule has 0 radical (unpaired) electrons. The highest BCUT2D eigenvalue weighted by molar-refractivity contribution is 6.10. The lowest BCUT2D eigenvalue weighted by Gasteiger charge is -2.22. The minimum absolute atomic E-state index is 0.243. The third-order valence-corrected chi connectivity index (χ3v) is 7.24. The van der Waals surface area contributed by atoms with E-state index in [0.717, 1.165) is 29.7 Å². The van der Waals surface area contributed by atoms with Crippen molar-refractivity contribution in [1.29, 1.82) is 0 Å². The monoisotopic (exact) mass is 521 g/mol. The Morgan fingerprint density at radius 3 is 1.68 bits per heavy atom. The topological polar surface area (TPSA) is 55.4 Å². The lowest BCUT2D eigenvalue weighted by Crippen LogP contribution is -2.30. The predicted molar refractivity (Wildman–Crippen MR) is 160 cm³/mol. The smallest absolute Gasteiger partial charge is 0.323 e. The standard InChI is InChI=1S/C34H51NO3/c1-6-7-8-9-10-11-12-13-14-15-19-25-38-34(37)31(28-21-17-16-18-22-28)33(36)35-32-29(26(2)3)23-20-24-30(32)27(4)5/h16-18,20-24,26-27,31H,6-15,19,25H2,1-5H3,(H,35,36). The van der Waals surface area contributed by atoms with Crippen LogP contribution in [-0.2, 0) is 14.3 Å². The van der Waals surface area contributed by atoms with E-state index in [0.29, 0.717) is 12.2 Å². The van der Waals surface area contributed by atoms with Crippen LogP contribution < -0.4 is 5.32 Å². The molecule has 0 aromatic heterocycles. The van der Waals surface area contributed by atoms with Crippen LogP contribution in [0.25, 0.3) is 0 Å². The Bertz CT molecular complexity index is 925. The van der Waals surface area contributed by atoms with Crippen LogP contribution in [0.4, 0.5) is 5.69 Å². The fourth-order valence-electron chi connectivity index (χ4n) is 4.95. The van der Waals surface area contributed by atoms with Gasteiger partial charge in [0.1, 0.15) is 0 Å². The van der Waals surface area contributed by atoms with E-state index in [1.54, 1.807) is 0 Å². The summed E-state index contributed by atoms with van der Waals surface area (Å²) < 4.78 is 5.66. The summed E-state index contributed by atoms with van der Waals surface area (Å²) in [6, 6.07) is 15.4. The average Bonchev–Trinajstić information content (AvgIpc) is 2.90. The Morgan fingerprint density at radius 2 is 1.18 bits per heavy atom. The molecule has 1 amide bonds. The van der Waals surface area contributed by atoms with Crippen LogP contribution in [0.1, 0.15) is 140 Å². The molecule has 0 aliphatic carbocycles. The number of anilines is 1. The van der Waals surface area contributed by atoms with E-state index in [-0.39, 0.29) is 17.7 Å². The van der Waals surface area contributed by atoms with Crippen LogP contribution in [0.5, 0.6) is 0 Å². The lowest BCUT2D eigenvalue weighted by molar-refractivity contribution is -0.148. The van der Waals surface area contributed by atoms with Crippen LogP contribution >= 0.6 is 0 Å². The number of para-hydroxylation sites is 1. The SMILES string of the molecule is CCCCCCCCCCCCCOC(=O)C(C(=O)Nc1c(C(C)C)cccc1C(C)C)c1ccccc1. The van der Waals surface area contributed by atoms with Crippen LogP contribution in [0.15, 0.2) is 48.5 Å². The van der Waals surface area contributed by atoms with Crippen molar-refractivity contribution in [3.63, 3.8) is 0 Å². The molecule has 0 fully saturated rings. The number of hydrogen-bond acceptors (Lipinski definition) is 3. The first-order valence-electron chi connectivity index (χ1n) is 15.0. The molecule has 0 spiro atoms. The highest BCUT2D eigenvalue weighted by Crippen LogP contribution is 2.33. The van der Waals surface area contributed by atoms with E-state index in [4.69, 9.17) is 4.74 Å². The third kappa shape index (κ3) is 10.6. The maximum absolute atomic E-state index is 13.6. The molecule has 0 saturated heterocycles. The van der Waals surface area contributed by atoms with Crippen molar-refractivity contribution in [2.45, 2.75) is 123 Å². The molecule has 4 heteroatoms. The molecule has 2 aromatic carbocycles. The number of carbonyl (C=O) groups is 2. The van der Waals surface area contributed by atoms with Crippen LogP contribution in [0, 0.1) is 0 Å². The van der Waals surface area contributed by atoms with Crippen molar-refractivity contribution in [1.82, 2.24) is 0 Å². The summed E-state index contributed by atoms with van der Waals surface area (Å²) in [6.45, 7) is 11.1. The molecule has 2 rings (SSSR count). The normalized spacial score (nSPS) is 12.1. The van der Waals surface area contributed by atoms with Gasteiger partial charge < -0.3 is 10.1 Å². The van der Waals surface area contributed by atoms with Gasteiger partial charge >= 0.3 is 5.97 Å². The van der Waals surface area contributed by atoms with E-state index in [9.17, 15) is 9.59 Å². The van der Waals surface area contributed by atoms with E-state index in [2.05, 4.69) is 52.1 Å². The van der Waals surface area contributed by atoms with E-state index in [1.165, 1.54) is 57.8 Å². The maximum Gasteiger partial charge on any atom is 0.323 e. The Balaban J connectivity index is 1.93. The number of esters is 1. The average molecular weight is 522 g/mol. The molecule has 210 valence electrons. The maximum atomic E-state index is 13.6. The first kappa shape index (κ1) is 31.6. The summed E-state index contributed by atoms with van der Waals surface area (Å²) in [5.41, 5.74) is 3.63. The van der Waals surface area contributed by atoms with Gasteiger partial charge in [-0.05, 0) is 34.9 Å². The zero-order chi connectivity index (χ0) is 27.8. The quantitative estimate of drug-likeness (QED) is 0.121. The van der Waals surface area contributed by atoms with Crippen LogP contribution in [-0.4, -0.2) is 18.5 Å². The van der Waals surface area contributed by atoms with Gasteiger partial charge in [-0.1, -0.05) is 147 Å². The van der Waals surface area contributed by atoms with Gasteiger partial charge in [0.25, 0.3) is 0 Å². The Labute approximate surface area is 232 Å². The fraction of sp³-hybridized carbons (Fsp3) is 0.588. The van der Waals surface area contributed by atoms with Crippen LogP contribution in [0.2, 0.25) is 0 Å². The summed E-state index contributed by atoms with van der Waals surface area (Å²) in [5, 5.41) is 3.13. The van der Waals surface area contributed by atoms with Crippen LogP contribution in [0.3, 0.4) is 0 Å². The Hall–Kier alpha value is -2.62. The summed E-state index contributed by atoms with van der Waals surface area (Å²) in [5.74, 6) is -1.33. The van der Waals surface area contributed by atoms with Crippen molar-refractivity contribution >= 4 is 17.6 Å². The lowest BCUT2D eigenvalue weighted by atomic mass is 9.91. The number of nitrogens with one attached hydrogen (secondary N) is 1. The summed E-state index contributed by atoms with van der Waals surface area (Å²) in [4.78, 5) is 26.8. The third-order valence-electron chi connectivity index (χ3n) is 7.24. The molecule has 0 aliphatic rings. The second-order valence-corrected chi connectivity index (χ2v) is 11.2. The number of carbonyl (C=O) groups excluding carboxylic acids is 2. The van der Waals surface area contributed by atoms with Gasteiger partial charge in [0.2, 0.25) is 5.91 Å². The zero-order valence-corrected chi connectivity index (χ0v) is 24.6. The van der Waals surface area contributed by atoms with Crippen molar-refractivity contribution < 1.29 is 14.3 Å². The van der Waals surface area contributed by atoms with E-state index < -0.39 is 11.9 Å². The largest absolute Gasteiger partial charge is 0.465 e. The summed E-state index contributed by atoms with van der Waals surface area (Å²) in [6.07, 6.45) is 13.6. The van der Waals surface area contributed by atoms with Gasteiger partial charge in [-0.25, -0.2) is 0 Å². The number of rotatable bonds is 18. The van der Waals surface area contributed by atoms with Gasteiger partial charge in [-0.3, -0.25) is 9.59 Å². The van der Waals surface area contributed by atoms with Gasteiger partial charge in [-0.15, -0.1) is 0 Å². The molecule has 38 heavy (non-hydrogen) atoms. The molecule has 1 N–H and O–H groups in total. The van der Waals surface area contributed by atoms with Gasteiger partial charge in [0.05, 0.1) is 6.61 Å². The first-order chi connectivity index (χ1) is 18.4. The molecule has 1 unspecified atom stereocenters. The predicted octanol–water partition coefficient (Wildman–Crippen LogP) is 9.51. The van der Waals surface area contributed by atoms with Crippen molar-refractivity contribution in [2.75, 3.05) is 11.9 Å². The number of unbranched alkanes of at least 4 members (excludes halogenated alkanes) is 10. The highest BCUT2D eigenvalue weighted by atomic mass is 16.5. The number of amides is 1. The van der Waals surface area contributed by atoms with E-state index in [1.807, 2.05) is 36.4 Å². The van der Waals surface area contributed by atoms with E-state index >= 15 is 0 Å². The molecule has 1 atom stereocenters. The molecular formula is C34H51NO3. The summed E-state index contributed by atoms with van der Waals surface area (Å²) in [7, 11) is 0. The van der Waals surface area contributed by atoms with Gasteiger partial charge in [-0.2, -0.15) is 0 Å². The zero-order valence-electron chi connectivity index (χ0n) is 24.6. The van der Waals surface area contributed by atoms with Gasteiger partial charge in [0, 0.05) is 5.69 Å². The highest BCUT2D eigenvalue weighted by Gasteiger charge is 2.31. The number of ether oxygens (including phenoxy) is 1. The minimum Gasteiger partial charge on any atom is -0.465 e. The molecule has 0 bridgehead atoms. The molecule has 2 aromatic rings. The molecule has 0 saturated carbocycles. The molecule has 0 aliphatic heterocycles. The van der Waals surface area contributed by atoms with Gasteiger partial charge in [0.15, 0.2) is 5.92 Å². The number of hydrogen-bond donors (Lipinski definition) is 1. The molecule has 0 heterocycles. The molecule has 4 nitrogen and oxygen atoms in total. The van der Waals surface area contributed by atoms with Crippen molar-refractivity contribution in [2.24, 2.45) is 0 Å². The Kier molecular flexibility index (Phi) is 14.8. The minimum atomic E-state index is -0.996. The molecular weight excluding hydrogens is 470 g/mol. The number of benzene rings is 2. The first-order valence-corrected chi connectivity index (χ1v) is 15.0. The summed E-state index contributed by atoms with van der Waals surface area (Å²) >= 11 is 0. The Morgan fingerprint density at radius 1 is 0.684 bits per heavy atom. The fourth-order valence-corrected chi connectivity index (χ4v) is 4.95. The van der Waals surface area contributed by atoms with Crippen molar-refractivity contribution in [3.8, 4) is 0 Å². The second kappa shape index (κ2) is 17.8. The van der Waals surface area contributed by atoms with Crippen molar-refractivity contribution in [3.05, 3.63) is 65.2 Å². The second-order valence-electron chi connectivity index (χ2n) is 11.2.